The van der Waals surface area contributed by atoms with Gasteiger partial charge in [0.05, 0.1) is 5.69 Å². The van der Waals surface area contributed by atoms with E-state index >= 15 is 0 Å². The van der Waals surface area contributed by atoms with Gasteiger partial charge in [0.25, 0.3) is 0 Å². The second kappa shape index (κ2) is 3.63. The quantitative estimate of drug-likeness (QED) is 0.829. The molecule has 1 saturated carbocycles. The van der Waals surface area contributed by atoms with Crippen LogP contribution in [0.2, 0.25) is 0 Å². The summed E-state index contributed by atoms with van der Waals surface area (Å²) in [6.07, 6.45) is 2.69. The third kappa shape index (κ3) is 2.55. The summed E-state index contributed by atoms with van der Waals surface area (Å²) < 4.78 is 0. The first-order valence-electron chi connectivity index (χ1n) is 5.24. The Balaban J connectivity index is 1.94. The van der Waals surface area contributed by atoms with E-state index in [0.717, 1.165) is 12.6 Å². The van der Waals surface area contributed by atoms with Gasteiger partial charge in [-0.3, -0.25) is 0 Å². The maximum absolute atomic E-state index is 4.64. The zero-order chi connectivity index (χ0) is 10.2. The minimum absolute atomic E-state index is 0.189. The Morgan fingerprint density at radius 3 is 2.71 bits per heavy atom. The van der Waals surface area contributed by atoms with Crippen molar-refractivity contribution in [3.63, 3.8) is 0 Å². The van der Waals surface area contributed by atoms with Gasteiger partial charge in [-0.1, -0.05) is 20.8 Å². The fraction of sp³-hybridized carbons (Fsp3) is 0.727. The van der Waals surface area contributed by atoms with E-state index in [0.29, 0.717) is 0 Å². The van der Waals surface area contributed by atoms with E-state index in [1.165, 1.54) is 23.5 Å². The lowest BCUT2D eigenvalue weighted by molar-refractivity contribution is 0.568. The summed E-state index contributed by atoms with van der Waals surface area (Å²) in [6.45, 7) is 7.58. The highest BCUT2D eigenvalue weighted by molar-refractivity contribution is 7.09. The molecule has 0 aliphatic heterocycles. The first kappa shape index (κ1) is 10.1. The molecule has 1 aliphatic carbocycles. The SMILES string of the molecule is CC(C)(C)c1csc(CNC2CC2)n1. The van der Waals surface area contributed by atoms with Crippen LogP contribution in [0.1, 0.15) is 44.3 Å². The molecule has 0 amide bonds. The molecule has 78 valence electrons. The fourth-order valence-corrected chi connectivity index (χ4v) is 2.23. The van der Waals surface area contributed by atoms with Crippen LogP contribution < -0.4 is 5.32 Å². The van der Waals surface area contributed by atoms with E-state index in [1.54, 1.807) is 11.3 Å². The van der Waals surface area contributed by atoms with Crippen LogP contribution in [-0.2, 0) is 12.0 Å². The number of nitrogens with one attached hydrogen (secondary N) is 1. The van der Waals surface area contributed by atoms with Gasteiger partial charge in [-0.25, -0.2) is 4.98 Å². The smallest absolute Gasteiger partial charge is 0.107 e. The zero-order valence-corrected chi connectivity index (χ0v) is 9.95. The van der Waals surface area contributed by atoms with Gasteiger partial charge in [0.2, 0.25) is 0 Å². The van der Waals surface area contributed by atoms with Gasteiger partial charge in [0.15, 0.2) is 0 Å². The average Bonchev–Trinajstić information content (AvgIpc) is 2.77. The minimum Gasteiger partial charge on any atom is -0.308 e. The molecule has 0 radical (unpaired) electrons. The number of thiazole rings is 1. The van der Waals surface area contributed by atoms with Crippen molar-refractivity contribution in [3.8, 4) is 0 Å². The summed E-state index contributed by atoms with van der Waals surface area (Å²) in [4.78, 5) is 4.64. The average molecular weight is 210 g/mol. The Labute approximate surface area is 89.8 Å². The van der Waals surface area contributed by atoms with Crippen LogP contribution >= 0.6 is 11.3 Å². The molecule has 2 nitrogen and oxygen atoms in total. The summed E-state index contributed by atoms with van der Waals surface area (Å²) in [5, 5.41) is 6.89. The summed E-state index contributed by atoms with van der Waals surface area (Å²) >= 11 is 1.77. The van der Waals surface area contributed by atoms with Crippen LogP contribution in [0.15, 0.2) is 5.38 Å². The van der Waals surface area contributed by atoms with Crippen molar-refractivity contribution in [2.45, 2.75) is 51.6 Å². The maximum Gasteiger partial charge on any atom is 0.107 e. The van der Waals surface area contributed by atoms with Crippen molar-refractivity contribution in [2.75, 3.05) is 0 Å². The van der Waals surface area contributed by atoms with Crippen LogP contribution in [0.4, 0.5) is 0 Å². The van der Waals surface area contributed by atoms with E-state index in [4.69, 9.17) is 0 Å². The Hall–Kier alpha value is -0.410. The Morgan fingerprint density at radius 1 is 1.50 bits per heavy atom. The second-order valence-electron chi connectivity index (χ2n) is 5.03. The zero-order valence-electron chi connectivity index (χ0n) is 9.13. The molecular formula is C11H18N2S. The van der Waals surface area contributed by atoms with Crippen LogP contribution in [0.5, 0.6) is 0 Å². The van der Waals surface area contributed by atoms with Crippen molar-refractivity contribution >= 4 is 11.3 Å². The van der Waals surface area contributed by atoms with E-state index in [-0.39, 0.29) is 5.41 Å². The van der Waals surface area contributed by atoms with Crippen LogP contribution in [0.25, 0.3) is 0 Å². The molecule has 14 heavy (non-hydrogen) atoms. The topological polar surface area (TPSA) is 24.9 Å². The monoisotopic (exact) mass is 210 g/mol. The van der Waals surface area contributed by atoms with Crippen molar-refractivity contribution < 1.29 is 0 Å². The molecule has 1 aromatic rings. The number of nitrogens with zero attached hydrogens (tertiary/aromatic N) is 1. The first-order valence-corrected chi connectivity index (χ1v) is 6.12. The molecule has 0 unspecified atom stereocenters. The Kier molecular flexibility index (Phi) is 2.62. The van der Waals surface area contributed by atoms with Gasteiger partial charge in [-0.2, -0.15) is 0 Å². The van der Waals surface area contributed by atoms with Gasteiger partial charge in [-0.15, -0.1) is 11.3 Å². The van der Waals surface area contributed by atoms with Crippen LogP contribution in [0.3, 0.4) is 0 Å². The number of rotatable bonds is 3. The van der Waals surface area contributed by atoms with E-state index in [2.05, 4.69) is 36.5 Å². The fourth-order valence-electron chi connectivity index (χ4n) is 1.26. The normalized spacial score (nSPS) is 17.4. The summed E-state index contributed by atoms with van der Waals surface area (Å²) in [5.41, 5.74) is 1.41. The maximum atomic E-state index is 4.64. The third-order valence-corrected chi connectivity index (χ3v) is 3.29. The van der Waals surface area contributed by atoms with Crippen molar-refractivity contribution in [1.29, 1.82) is 0 Å². The van der Waals surface area contributed by atoms with Gasteiger partial charge >= 0.3 is 0 Å². The van der Waals surface area contributed by atoms with Crippen molar-refractivity contribution in [2.24, 2.45) is 0 Å². The Morgan fingerprint density at radius 2 is 2.21 bits per heavy atom. The van der Waals surface area contributed by atoms with E-state index < -0.39 is 0 Å². The summed E-state index contributed by atoms with van der Waals surface area (Å²) in [6, 6.07) is 0.775. The van der Waals surface area contributed by atoms with Crippen molar-refractivity contribution in [3.05, 3.63) is 16.1 Å². The van der Waals surface area contributed by atoms with Gasteiger partial charge in [0.1, 0.15) is 5.01 Å². The molecule has 3 heteroatoms. The molecule has 1 aliphatic rings. The minimum atomic E-state index is 0.189. The lowest BCUT2D eigenvalue weighted by Crippen LogP contribution is -2.16. The highest BCUT2D eigenvalue weighted by Gasteiger charge is 2.21. The molecule has 1 heterocycles. The standard InChI is InChI=1S/C11H18N2S/c1-11(2,3)9-7-14-10(13-9)6-12-8-4-5-8/h7-8,12H,4-6H2,1-3H3. The molecular weight excluding hydrogens is 192 g/mol. The molecule has 1 fully saturated rings. The molecule has 1 N–H and O–H groups in total. The predicted octanol–water partition coefficient (Wildman–Crippen LogP) is 2.69. The second-order valence-corrected chi connectivity index (χ2v) is 5.97. The molecule has 1 aromatic heterocycles. The molecule has 0 saturated heterocycles. The van der Waals surface area contributed by atoms with Crippen LogP contribution in [-0.4, -0.2) is 11.0 Å². The number of hydrogen-bond donors (Lipinski definition) is 1. The van der Waals surface area contributed by atoms with Crippen LogP contribution in [0, 0.1) is 0 Å². The summed E-state index contributed by atoms with van der Waals surface area (Å²) in [7, 11) is 0. The molecule has 0 aromatic carbocycles. The molecule has 0 bridgehead atoms. The highest BCUT2D eigenvalue weighted by Crippen LogP contribution is 2.24. The molecule has 0 spiro atoms. The lowest BCUT2D eigenvalue weighted by Gasteiger charge is -2.14. The largest absolute Gasteiger partial charge is 0.308 e. The van der Waals surface area contributed by atoms with Gasteiger partial charge < -0.3 is 5.32 Å². The highest BCUT2D eigenvalue weighted by atomic mass is 32.1. The molecule has 2 rings (SSSR count). The number of aromatic nitrogens is 1. The van der Waals surface area contributed by atoms with Gasteiger partial charge in [-0.05, 0) is 12.8 Å². The Bertz CT molecular complexity index is 307. The summed E-state index contributed by atoms with van der Waals surface area (Å²) in [5.74, 6) is 0. The van der Waals surface area contributed by atoms with E-state index in [1.807, 2.05) is 0 Å². The van der Waals surface area contributed by atoms with Gasteiger partial charge in [0, 0.05) is 23.4 Å². The third-order valence-electron chi connectivity index (χ3n) is 2.44. The molecule has 0 atom stereocenters. The lowest BCUT2D eigenvalue weighted by atomic mass is 9.93. The van der Waals surface area contributed by atoms with Crippen molar-refractivity contribution in [1.82, 2.24) is 10.3 Å². The first-order chi connectivity index (χ1) is 6.55. The van der Waals surface area contributed by atoms with E-state index in [9.17, 15) is 0 Å². The predicted molar refractivity (Wildman–Crippen MR) is 60.7 cm³/mol. The number of hydrogen-bond acceptors (Lipinski definition) is 3.